The van der Waals surface area contributed by atoms with Crippen molar-refractivity contribution in [1.82, 2.24) is 5.32 Å². The van der Waals surface area contributed by atoms with Gasteiger partial charge in [-0.05, 0) is 31.7 Å². The molecule has 1 heterocycles. The summed E-state index contributed by atoms with van der Waals surface area (Å²) >= 11 is 0. The van der Waals surface area contributed by atoms with Crippen molar-refractivity contribution in [3.05, 3.63) is 23.7 Å². The molecule has 16 heavy (non-hydrogen) atoms. The average molecular weight is 221 g/mol. The summed E-state index contributed by atoms with van der Waals surface area (Å²) in [5, 5.41) is 3.08. The summed E-state index contributed by atoms with van der Waals surface area (Å²) < 4.78 is 5.19. The quantitative estimate of drug-likeness (QED) is 0.834. The molecule has 2 unspecified atom stereocenters. The van der Waals surface area contributed by atoms with Crippen LogP contribution in [0, 0.1) is 12.8 Å². The third-order valence-electron chi connectivity index (χ3n) is 3.50. The van der Waals surface area contributed by atoms with Crippen molar-refractivity contribution in [3.8, 4) is 0 Å². The van der Waals surface area contributed by atoms with E-state index in [9.17, 15) is 4.79 Å². The number of hydrogen-bond donors (Lipinski definition) is 1. The minimum absolute atomic E-state index is 0.0683. The van der Waals surface area contributed by atoms with E-state index in [1.165, 1.54) is 19.3 Å². The Hall–Kier alpha value is -1.25. The maximum atomic E-state index is 11.9. The van der Waals surface area contributed by atoms with E-state index >= 15 is 0 Å². The minimum atomic E-state index is -0.0683. The van der Waals surface area contributed by atoms with E-state index < -0.39 is 0 Å². The molecule has 1 aromatic rings. The van der Waals surface area contributed by atoms with Crippen LogP contribution in [0.15, 0.2) is 16.7 Å². The van der Waals surface area contributed by atoms with E-state index in [1.54, 1.807) is 6.26 Å². The predicted molar refractivity (Wildman–Crippen MR) is 62.3 cm³/mol. The summed E-state index contributed by atoms with van der Waals surface area (Å²) in [7, 11) is 0. The topological polar surface area (TPSA) is 42.2 Å². The zero-order valence-corrected chi connectivity index (χ0v) is 9.95. The van der Waals surface area contributed by atoms with Crippen LogP contribution >= 0.6 is 0 Å². The third-order valence-corrected chi connectivity index (χ3v) is 3.50. The lowest BCUT2D eigenvalue weighted by Gasteiger charge is -2.29. The summed E-state index contributed by atoms with van der Waals surface area (Å²) in [6, 6.07) is 2.13. The second kappa shape index (κ2) is 4.73. The summed E-state index contributed by atoms with van der Waals surface area (Å²) in [5.41, 5.74) is 0.904. The highest BCUT2D eigenvalue weighted by atomic mass is 16.3. The van der Waals surface area contributed by atoms with E-state index in [4.69, 9.17) is 4.42 Å². The fourth-order valence-electron chi connectivity index (χ4n) is 2.37. The molecular weight excluding hydrogens is 202 g/mol. The Morgan fingerprint density at radius 2 is 2.19 bits per heavy atom. The molecule has 3 nitrogen and oxygen atoms in total. The molecule has 2 rings (SSSR count). The molecule has 1 aromatic heterocycles. The number of hydrogen-bond acceptors (Lipinski definition) is 2. The van der Waals surface area contributed by atoms with Crippen LogP contribution in [0.1, 0.15) is 48.7 Å². The Kier molecular flexibility index (Phi) is 3.32. The van der Waals surface area contributed by atoms with Gasteiger partial charge in [-0.2, -0.15) is 0 Å². The molecule has 1 aliphatic carbocycles. The van der Waals surface area contributed by atoms with Gasteiger partial charge in [0.1, 0.15) is 0 Å². The number of carbonyl (C=O) groups is 1. The second-order valence-electron chi connectivity index (χ2n) is 4.77. The van der Waals surface area contributed by atoms with Crippen LogP contribution in [0.2, 0.25) is 0 Å². The van der Waals surface area contributed by atoms with Gasteiger partial charge in [-0.3, -0.25) is 4.79 Å². The molecule has 0 aliphatic heterocycles. The molecule has 1 N–H and O–H groups in total. The third kappa shape index (κ3) is 2.29. The largest absolute Gasteiger partial charge is 0.459 e. The van der Waals surface area contributed by atoms with Crippen molar-refractivity contribution >= 4 is 5.91 Å². The van der Waals surface area contributed by atoms with Gasteiger partial charge in [0.15, 0.2) is 5.76 Å². The van der Waals surface area contributed by atoms with Crippen molar-refractivity contribution < 1.29 is 9.21 Å². The lowest BCUT2D eigenvalue weighted by Crippen LogP contribution is -2.41. The summed E-state index contributed by atoms with van der Waals surface area (Å²) in [4.78, 5) is 11.9. The Morgan fingerprint density at radius 1 is 1.44 bits per heavy atom. The number of nitrogens with one attached hydrogen (secondary N) is 1. The van der Waals surface area contributed by atoms with Crippen LogP contribution in [-0.2, 0) is 0 Å². The molecule has 1 fully saturated rings. The highest BCUT2D eigenvalue weighted by Gasteiger charge is 2.24. The van der Waals surface area contributed by atoms with Crippen molar-refractivity contribution in [2.75, 3.05) is 0 Å². The lowest BCUT2D eigenvalue weighted by molar-refractivity contribution is 0.0881. The molecule has 88 valence electrons. The van der Waals surface area contributed by atoms with E-state index in [-0.39, 0.29) is 5.91 Å². The first-order chi connectivity index (χ1) is 7.68. The minimum Gasteiger partial charge on any atom is -0.459 e. The van der Waals surface area contributed by atoms with Gasteiger partial charge in [-0.1, -0.05) is 19.8 Å². The van der Waals surface area contributed by atoms with Crippen molar-refractivity contribution in [1.29, 1.82) is 0 Å². The molecular formula is C13H19NO2. The molecule has 2 atom stereocenters. The van der Waals surface area contributed by atoms with Crippen molar-refractivity contribution in [2.24, 2.45) is 5.92 Å². The molecule has 1 amide bonds. The Morgan fingerprint density at radius 3 is 2.81 bits per heavy atom. The summed E-state index contributed by atoms with van der Waals surface area (Å²) in [6.45, 7) is 4.10. The monoisotopic (exact) mass is 221 g/mol. The lowest BCUT2D eigenvalue weighted by atomic mass is 9.86. The fourth-order valence-corrected chi connectivity index (χ4v) is 2.37. The smallest absolute Gasteiger partial charge is 0.287 e. The van der Waals surface area contributed by atoms with Crippen molar-refractivity contribution in [3.63, 3.8) is 0 Å². The van der Waals surface area contributed by atoms with Crippen LogP contribution in [0.25, 0.3) is 0 Å². The van der Waals surface area contributed by atoms with Gasteiger partial charge in [-0.25, -0.2) is 0 Å². The SMILES string of the molecule is Cc1ccoc1C(=O)NC1CCCCC1C. The maximum Gasteiger partial charge on any atom is 0.287 e. The molecule has 0 radical (unpaired) electrons. The van der Waals surface area contributed by atoms with E-state index in [1.807, 2.05) is 13.0 Å². The van der Waals surface area contributed by atoms with Crippen LogP contribution < -0.4 is 5.32 Å². The number of carbonyl (C=O) groups excluding carboxylic acids is 1. The molecule has 1 aliphatic rings. The normalized spacial score (nSPS) is 25.4. The van der Waals surface area contributed by atoms with Crippen LogP contribution in [0.5, 0.6) is 0 Å². The number of furan rings is 1. The highest BCUT2D eigenvalue weighted by Crippen LogP contribution is 2.24. The Bertz CT molecular complexity index is 370. The first-order valence-electron chi connectivity index (χ1n) is 6.03. The fraction of sp³-hybridized carbons (Fsp3) is 0.615. The number of amides is 1. The Labute approximate surface area is 96.2 Å². The van der Waals surface area contributed by atoms with E-state index in [2.05, 4.69) is 12.2 Å². The standard InChI is InChI=1S/C13H19NO2/c1-9-5-3-4-6-11(9)14-13(15)12-10(2)7-8-16-12/h7-9,11H,3-6H2,1-2H3,(H,14,15). The molecule has 0 bridgehead atoms. The zero-order valence-electron chi connectivity index (χ0n) is 9.95. The van der Waals surface area contributed by atoms with Gasteiger partial charge < -0.3 is 9.73 Å². The van der Waals surface area contributed by atoms with Crippen molar-refractivity contribution in [2.45, 2.75) is 45.6 Å². The maximum absolute atomic E-state index is 11.9. The van der Waals surface area contributed by atoms with E-state index in [0.717, 1.165) is 12.0 Å². The molecule has 0 spiro atoms. The molecule has 0 saturated heterocycles. The van der Waals surface area contributed by atoms with Gasteiger partial charge >= 0.3 is 0 Å². The van der Waals surface area contributed by atoms with E-state index in [0.29, 0.717) is 17.7 Å². The molecule has 1 saturated carbocycles. The van der Waals surface area contributed by atoms with Gasteiger partial charge in [-0.15, -0.1) is 0 Å². The van der Waals surface area contributed by atoms with Gasteiger partial charge in [0.05, 0.1) is 6.26 Å². The second-order valence-corrected chi connectivity index (χ2v) is 4.77. The van der Waals surface area contributed by atoms with Gasteiger partial charge in [0.25, 0.3) is 5.91 Å². The van der Waals surface area contributed by atoms with Crippen LogP contribution in [0.3, 0.4) is 0 Å². The number of aryl methyl sites for hydroxylation is 1. The first kappa shape index (κ1) is 11.2. The Balaban J connectivity index is 1.99. The molecule has 3 heteroatoms. The van der Waals surface area contributed by atoms with Crippen LogP contribution in [-0.4, -0.2) is 11.9 Å². The van der Waals surface area contributed by atoms with Crippen LogP contribution in [0.4, 0.5) is 0 Å². The number of rotatable bonds is 2. The average Bonchev–Trinajstić information content (AvgIpc) is 2.68. The van der Waals surface area contributed by atoms with Gasteiger partial charge in [0, 0.05) is 11.6 Å². The summed E-state index contributed by atoms with van der Waals surface area (Å²) in [5.74, 6) is 0.965. The van der Waals surface area contributed by atoms with Gasteiger partial charge in [0.2, 0.25) is 0 Å². The zero-order chi connectivity index (χ0) is 11.5. The highest BCUT2D eigenvalue weighted by molar-refractivity contribution is 5.92. The summed E-state index contributed by atoms with van der Waals surface area (Å²) in [6.07, 6.45) is 6.36. The predicted octanol–water partition coefficient (Wildman–Crippen LogP) is 2.90. The molecule has 0 aromatic carbocycles. The first-order valence-corrected chi connectivity index (χ1v) is 6.03.